The fourth-order valence-corrected chi connectivity index (χ4v) is 4.92. The third kappa shape index (κ3) is 3.47. The second-order valence-electron chi connectivity index (χ2n) is 8.10. The number of rotatable bonds is 4. The van der Waals surface area contributed by atoms with E-state index in [0.717, 1.165) is 5.39 Å². The molecular formula is C27H16N2O8. The van der Waals surface area contributed by atoms with Crippen molar-refractivity contribution in [2.45, 2.75) is 0 Å². The van der Waals surface area contributed by atoms with Crippen LogP contribution in [0.25, 0.3) is 43.1 Å². The van der Waals surface area contributed by atoms with Crippen molar-refractivity contribution in [3.8, 4) is 0 Å². The Morgan fingerprint density at radius 1 is 0.595 bits per heavy atom. The summed E-state index contributed by atoms with van der Waals surface area (Å²) in [5.41, 5.74) is -2.93. The van der Waals surface area contributed by atoms with Gasteiger partial charge >= 0.3 is 23.9 Å². The second kappa shape index (κ2) is 8.61. The summed E-state index contributed by atoms with van der Waals surface area (Å²) < 4.78 is 0. The molecule has 0 aliphatic heterocycles. The van der Waals surface area contributed by atoms with Crippen LogP contribution in [-0.4, -0.2) is 54.3 Å². The predicted octanol–water partition coefficient (Wildman–Crippen LogP) is 4.94. The number of fused-ring (bicyclic) bond motifs is 2. The minimum Gasteiger partial charge on any atom is -0.478 e. The van der Waals surface area contributed by atoms with Gasteiger partial charge in [-0.1, -0.05) is 42.5 Å². The minimum atomic E-state index is -1.77. The van der Waals surface area contributed by atoms with Gasteiger partial charge in [0.05, 0.1) is 28.6 Å². The lowest BCUT2D eigenvalue weighted by Crippen LogP contribution is -2.18. The first kappa shape index (κ1) is 23.2. The van der Waals surface area contributed by atoms with Crippen molar-refractivity contribution < 1.29 is 39.6 Å². The maximum Gasteiger partial charge on any atom is 0.337 e. The van der Waals surface area contributed by atoms with Gasteiger partial charge in [-0.3, -0.25) is 0 Å². The second-order valence-corrected chi connectivity index (χ2v) is 8.10. The molecule has 5 aromatic carbocycles. The van der Waals surface area contributed by atoms with Crippen molar-refractivity contribution >= 4 is 67.0 Å². The molecule has 1 heterocycles. The third-order valence-corrected chi connectivity index (χ3v) is 6.20. The first-order valence-electron chi connectivity index (χ1n) is 10.8. The number of aromatic nitrogens is 2. The van der Waals surface area contributed by atoms with Crippen molar-refractivity contribution in [2.24, 2.45) is 0 Å². The van der Waals surface area contributed by atoms with Gasteiger partial charge in [0.1, 0.15) is 0 Å². The van der Waals surface area contributed by atoms with Gasteiger partial charge in [0, 0.05) is 28.6 Å². The van der Waals surface area contributed by atoms with Gasteiger partial charge < -0.3 is 25.4 Å². The molecule has 0 bridgehead atoms. The molecule has 0 aliphatic carbocycles. The summed E-state index contributed by atoms with van der Waals surface area (Å²) >= 11 is 0. The Bertz CT molecular complexity index is 1870. The van der Waals surface area contributed by atoms with Crippen LogP contribution in [0.15, 0.2) is 67.3 Å². The van der Waals surface area contributed by atoms with E-state index in [0.29, 0.717) is 21.5 Å². The Morgan fingerprint density at radius 2 is 1.19 bits per heavy atom. The van der Waals surface area contributed by atoms with E-state index in [1.807, 2.05) is 12.1 Å². The monoisotopic (exact) mass is 496 g/mol. The highest BCUT2D eigenvalue weighted by Gasteiger charge is 2.33. The van der Waals surface area contributed by atoms with Gasteiger partial charge in [0.25, 0.3) is 0 Å². The van der Waals surface area contributed by atoms with E-state index in [2.05, 4.69) is 9.97 Å². The molecule has 0 unspecified atom stereocenters. The zero-order chi connectivity index (χ0) is 26.4. The lowest BCUT2D eigenvalue weighted by atomic mass is 9.81. The number of H-pyrrole nitrogens is 1. The summed E-state index contributed by atoms with van der Waals surface area (Å²) in [7, 11) is 0. The molecule has 0 spiro atoms. The van der Waals surface area contributed by atoms with Gasteiger partial charge in [0.15, 0.2) is 0 Å². The third-order valence-electron chi connectivity index (χ3n) is 6.20. The average molecular weight is 496 g/mol. The van der Waals surface area contributed by atoms with Gasteiger partial charge in [-0.15, -0.1) is 0 Å². The van der Waals surface area contributed by atoms with E-state index < -0.39 is 46.1 Å². The molecule has 0 aliphatic rings. The summed E-state index contributed by atoms with van der Waals surface area (Å²) in [5, 5.41) is 42.3. The SMILES string of the molecule is O=C(O)c1c(C(=O)O)c2c(C(=O)O)ccc3c4cccc5cccc(c(c1C(=O)O)c23)c54.c1c[nH]cn1. The highest BCUT2D eigenvalue weighted by atomic mass is 16.4. The number of imidazole rings is 1. The van der Waals surface area contributed by atoms with Crippen molar-refractivity contribution in [1.82, 2.24) is 9.97 Å². The van der Waals surface area contributed by atoms with Crippen molar-refractivity contribution in [1.29, 1.82) is 0 Å². The van der Waals surface area contributed by atoms with E-state index in [9.17, 15) is 39.6 Å². The normalized spacial score (nSPS) is 11.0. The Balaban J connectivity index is 0.000000503. The van der Waals surface area contributed by atoms with Gasteiger partial charge in [-0.2, -0.15) is 0 Å². The van der Waals surface area contributed by atoms with Crippen LogP contribution in [-0.2, 0) is 0 Å². The van der Waals surface area contributed by atoms with Gasteiger partial charge in [-0.25, -0.2) is 24.2 Å². The molecule has 1 aromatic heterocycles. The molecule has 6 rings (SSSR count). The van der Waals surface area contributed by atoms with Crippen LogP contribution in [0.3, 0.4) is 0 Å². The number of carbonyl (C=O) groups is 4. The summed E-state index contributed by atoms with van der Waals surface area (Å²) in [5.74, 6) is -6.58. The standard InChI is InChI=1S/C24H12O8.C3H4N2/c25-21(26)13-8-7-11-10-5-1-3-9-4-2-6-12(14(9)10)16-15(11)17(13)19(23(29)30)20(24(31)32)18(16)22(27)28;1-2-5-3-4-1/h1-8H,(H,25,26)(H,27,28)(H,29,30)(H,31,32);1-3H,(H,4,5). The first-order chi connectivity index (χ1) is 17.7. The number of benzene rings is 5. The largest absolute Gasteiger partial charge is 0.478 e. The maximum absolute atomic E-state index is 12.3. The maximum atomic E-state index is 12.3. The smallest absolute Gasteiger partial charge is 0.337 e. The lowest BCUT2D eigenvalue weighted by molar-refractivity contribution is 0.0635. The Morgan fingerprint density at radius 3 is 1.70 bits per heavy atom. The zero-order valence-corrected chi connectivity index (χ0v) is 18.7. The summed E-state index contributed by atoms with van der Waals surface area (Å²) in [4.78, 5) is 55.1. The van der Waals surface area contributed by atoms with E-state index in [4.69, 9.17) is 0 Å². The Hall–Kier alpha value is -5.51. The van der Waals surface area contributed by atoms with Crippen LogP contribution >= 0.6 is 0 Å². The quantitative estimate of drug-likeness (QED) is 0.167. The molecule has 10 nitrogen and oxygen atoms in total. The Labute approximate surface area is 206 Å². The number of nitrogens with zero attached hydrogens (tertiary/aromatic N) is 1. The van der Waals surface area contributed by atoms with Gasteiger partial charge in [-0.05, 0) is 33.0 Å². The van der Waals surface area contributed by atoms with Crippen molar-refractivity contribution in [2.75, 3.05) is 0 Å². The lowest BCUT2D eigenvalue weighted by Gasteiger charge is -2.20. The molecule has 0 atom stereocenters. The van der Waals surface area contributed by atoms with Crippen LogP contribution < -0.4 is 0 Å². The van der Waals surface area contributed by atoms with E-state index in [1.54, 1.807) is 43.0 Å². The summed E-state index contributed by atoms with van der Waals surface area (Å²) in [6, 6.07) is 13.2. The molecule has 0 fully saturated rings. The van der Waals surface area contributed by atoms with E-state index in [-0.39, 0.29) is 16.2 Å². The highest BCUT2D eigenvalue weighted by Crippen LogP contribution is 2.45. The molecule has 0 saturated heterocycles. The molecule has 5 N–H and O–H groups in total. The van der Waals surface area contributed by atoms with Crippen LogP contribution in [0.2, 0.25) is 0 Å². The zero-order valence-electron chi connectivity index (χ0n) is 18.7. The minimum absolute atomic E-state index is 0.00250. The number of carboxylic acid groups (broad SMARTS) is 4. The fourth-order valence-electron chi connectivity index (χ4n) is 4.92. The van der Waals surface area contributed by atoms with E-state index >= 15 is 0 Å². The molecule has 0 saturated carbocycles. The Kier molecular flexibility index (Phi) is 5.41. The number of hydrogen-bond donors (Lipinski definition) is 5. The van der Waals surface area contributed by atoms with Crippen molar-refractivity contribution in [3.63, 3.8) is 0 Å². The fraction of sp³-hybridized carbons (Fsp3) is 0. The predicted molar refractivity (Wildman–Crippen MR) is 134 cm³/mol. The molecule has 37 heavy (non-hydrogen) atoms. The van der Waals surface area contributed by atoms with Crippen LogP contribution in [0.4, 0.5) is 0 Å². The molecule has 0 amide bonds. The molecular weight excluding hydrogens is 480 g/mol. The van der Waals surface area contributed by atoms with Crippen LogP contribution in [0.5, 0.6) is 0 Å². The first-order valence-corrected chi connectivity index (χ1v) is 10.8. The summed E-state index contributed by atoms with van der Waals surface area (Å²) in [6.07, 6.45) is 5.08. The number of nitrogens with one attached hydrogen (secondary N) is 1. The average Bonchev–Trinajstić information content (AvgIpc) is 3.45. The molecule has 182 valence electrons. The number of aromatic carboxylic acids is 4. The molecule has 0 radical (unpaired) electrons. The van der Waals surface area contributed by atoms with Crippen molar-refractivity contribution in [3.05, 3.63) is 89.5 Å². The molecule has 10 heteroatoms. The van der Waals surface area contributed by atoms with Crippen LogP contribution in [0.1, 0.15) is 41.4 Å². The topological polar surface area (TPSA) is 178 Å². The number of aromatic amines is 1. The van der Waals surface area contributed by atoms with Crippen LogP contribution in [0, 0.1) is 0 Å². The van der Waals surface area contributed by atoms with E-state index in [1.165, 1.54) is 12.1 Å². The molecule has 6 aromatic rings. The number of hydrogen-bond acceptors (Lipinski definition) is 5. The van der Waals surface area contributed by atoms with Gasteiger partial charge in [0.2, 0.25) is 0 Å². The summed E-state index contributed by atoms with van der Waals surface area (Å²) in [6.45, 7) is 0. The highest BCUT2D eigenvalue weighted by molar-refractivity contribution is 6.40. The number of carboxylic acids is 4.